The van der Waals surface area contributed by atoms with Crippen LogP contribution in [-0.4, -0.2) is 62.6 Å². The molecule has 0 radical (unpaired) electrons. The van der Waals surface area contributed by atoms with E-state index in [1.807, 2.05) is 0 Å². The Hall–Kier alpha value is -3.69. The summed E-state index contributed by atoms with van der Waals surface area (Å²) in [6, 6.07) is 12.5. The Morgan fingerprint density at radius 3 is 1.70 bits per heavy atom. The number of esters is 3. The first kappa shape index (κ1) is 22.5. The summed E-state index contributed by atoms with van der Waals surface area (Å²) in [6.07, 6.45) is -1.30. The third-order valence-electron chi connectivity index (χ3n) is 5.28. The van der Waals surface area contributed by atoms with Crippen LogP contribution in [0.2, 0.25) is 0 Å². The van der Waals surface area contributed by atoms with Crippen molar-refractivity contribution in [2.24, 2.45) is 0 Å². The van der Waals surface area contributed by atoms with E-state index in [-0.39, 0.29) is 24.5 Å². The largest absolute Gasteiger partial charge is 0.497 e. The Morgan fingerprint density at radius 1 is 0.818 bits per heavy atom. The molecule has 4 atom stereocenters. The average molecular weight is 454 g/mol. The molecule has 9 heteroatoms. The number of carbonyl (C=O) groups is 3. The number of carbonyl (C=O) groups excluding carboxylic acids is 3. The smallest absolute Gasteiger partial charge is 0.338 e. The molecular formula is C24H22O9. The van der Waals surface area contributed by atoms with E-state index in [1.165, 1.54) is 24.3 Å². The molecule has 0 saturated carbocycles. The fraction of sp³-hybridized carbons (Fsp3) is 0.292. The van der Waals surface area contributed by atoms with Crippen molar-refractivity contribution in [2.45, 2.75) is 24.4 Å². The van der Waals surface area contributed by atoms with Gasteiger partial charge in [0.2, 0.25) is 0 Å². The number of hydrogen-bond acceptors (Lipinski definition) is 9. The minimum Gasteiger partial charge on any atom is -0.497 e. The zero-order valence-corrected chi connectivity index (χ0v) is 17.8. The summed E-state index contributed by atoms with van der Waals surface area (Å²) in [6.45, 7) is 3.58. The van der Waals surface area contributed by atoms with E-state index < -0.39 is 42.3 Å². The molecule has 0 aromatic heterocycles. The first-order valence-electron chi connectivity index (χ1n) is 10.2. The van der Waals surface area contributed by atoms with Crippen LogP contribution in [0.15, 0.2) is 61.2 Å². The van der Waals surface area contributed by atoms with E-state index in [1.54, 1.807) is 31.4 Å². The molecule has 0 N–H and O–H groups in total. The number of ether oxygens (including phenoxy) is 6. The molecule has 0 spiro atoms. The maximum absolute atomic E-state index is 12.5. The SMILES string of the molecule is C=CC(=O)Oc1ccc(C(=O)OC2COC3C(OC(=O)c4ccc(OC)cc4)COC23)cc1. The monoisotopic (exact) mass is 454 g/mol. The van der Waals surface area contributed by atoms with E-state index >= 15 is 0 Å². The molecule has 0 amide bonds. The topological polar surface area (TPSA) is 107 Å². The Balaban J connectivity index is 1.32. The van der Waals surface area contributed by atoms with Crippen LogP contribution in [0.25, 0.3) is 0 Å². The summed E-state index contributed by atoms with van der Waals surface area (Å²) in [5, 5.41) is 0. The number of fused-ring (bicyclic) bond motifs is 1. The summed E-state index contributed by atoms with van der Waals surface area (Å²) in [7, 11) is 1.54. The van der Waals surface area contributed by atoms with Gasteiger partial charge in [-0.2, -0.15) is 0 Å². The molecule has 2 aromatic rings. The molecule has 2 fully saturated rings. The van der Waals surface area contributed by atoms with Crippen molar-refractivity contribution in [1.29, 1.82) is 0 Å². The van der Waals surface area contributed by atoms with Crippen molar-refractivity contribution in [3.8, 4) is 11.5 Å². The highest BCUT2D eigenvalue weighted by atomic mass is 16.7. The molecular weight excluding hydrogens is 432 g/mol. The van der Waals surface area contributed by atoms with Gasteiger partial charge in [0, 0.05) is 6.08 Å². The Kier molecular flexibility index (Phi) is 6.71. The fourth-order valence-electron chi connectivity index (χ4n) is 3.59. The first-order valence-corrected chi connectivity index (χ1v) is 10.2. The minimum atomic E-state index is -0.648. The summed E-state index contributed by atoms with van der Waals surface area (Å²) in [5.74, 6) is -0.769. The molecule has 2 heterocycles. The Labute approximate surface area is 189 Å². The van der Waals surface area contributed by atoms with Crippen LogP contribution in [0, 0.1) is 0 Å². The number of benzene rings is 2. The maximum atomic E-state index is 12.5. The summed E-state index contributed by atoms with van der Waals surface area (Å²) >= 11 is 0. The van der Waals surface area contributed by atoms with Crippen LogP contribution < -0.4 is 9.47 Å². The van der Waals surface area contributed by atoms with E-state index in [9.17, 15) is 14.4 Å². The highest BCUT2D eigenvalue weighted by Crippen LogP contribution is 2.31. The van der Waals surface area contributed by atoms with Crippen LogP contribution in [0.3, 0.4) is 0 Å². The highest BCUT2D eigenvalue weighted by Gasteiger charge is 2.51. The van der Waals surface area contributed by atoms with Crippen molar-refractivity contribution < 1.29 is 42.8 Å². The number of rotatable bonds is 7. The van der Waals surface area contributed by atoms with Crippen LogP contribution in [0.4, 0.5) is 0 Å². The van der Waals surface area contributed by atoms with Gasteiger partial charge >= 0.3 is 17.9 Å². The molecule has 2 aromatic carbocycles. The first-order chi connectivity index (χ1) is 16.0. The van der Waals surface area contributed by atoms with Crippen molar-refractivity contribution in [2.75, 3.05) is 20.3 Å². The van der Waals surface area contributed by atoms with Gasteiger partial charge in [-0.1, -0.05) is 6.58 Å². The highest BCUT2D eigenvalue weighted by molar-refractivity contribution is 5.90. The lowest BCUT2D eigenvalue weighted by atomic mass is 10.1. The maximum Gasteiger partial charge on any atom is 0.338 e. The van der Waals surface area contributed by atoms with Crippen LogP contribution in [0.1, 0.15) is 20.7 Å². The molecule has 0 bridgehead atoms. The molecule has 2 aliphatic rings. The third-order valence-corrected chi connectivity index (χ3v) is 5.28. The Morgan fingerprint density at radius 2 is 1.27 bits per heavy atom. The van der Waals surface area contributed by atoms with Gasteiger partial charge in [0.1, 0.15) is 23.7 Å². The van der Waals surface area contributed by atoms with E-state index in [0.29, 0.717) is 11.3 Å². The Bertz CT molecular complexity index is 1030. The van der Waals surface area contributed by atoms with Crippen molar-refractivity contribution >= 4 is 17.9 Å². The van der Waals surface area contributed by atoms with E-state index in [0.717, 1.165) is 6.08 Å². The van der Waals surface area contributed by atoms with Crippen LogP contribution in [0.5, 0.6) is 11.5 Å². The summed E-state index contributed by atoms with van der Waals surface area (Å²) in [4.78, 5) is 36.2. The quantitative estimate of drug-likeness (QED) is 0.354. The normalized spacial score (nSPS) is 23.3. The van der Waals surface area contributed by atoms with E-state index in [4.69, 9.17) is 28.4 Å². The predicted molar refractivity (Wildman–Crippen MR) is 113 cm³/mol. The van der Waals surface area contributed by atoms with Gasteiger partial charge in [0.05, 0.1) is 31.5 Å². The predicted octanol–water partition coefficient (Wildman–Crippen LogP) is 2.34. The number of hydrogen-bond donors (Lipinski definition) is 0. The zero-order chi connectivity index (χ0) is 23.4. The molecule has 172 valence electrons. The molecule has 2 aliphatic heterocycles. The van der Waals surface area contributed by atoms with Gasteiger partial charge in [0.15, 0.2) is 12.2 Å². The molecule has 4 rings (SSSR count). The molecule has 9 nitrogen and oxygen atoms in total. The lowest BCUT2D eigenvalue weighted by Gasteiger charge is -2.17. The summed E-state index contributed by atoms with van der Waals surface area (Å²) < 4.78 is 32.6. The average Bonchev–Trinajstić information content (AvgIpc) is 3.42. The number of methoxy groups -OCH3 is 1. The van der Waals surface area contributed by atoms with Gasteiger partial charge in [-0.3, -0.25) is 0 Å². The fourth-order valence-corrected chi connectivity index (χ4v) is 3.59. The zero-order valence-electron chi connectivity index (χ0n) is 17.8. The van der Waals surface area contributed by atoms with Crippen LogP contribution >= 0.6 is 0 Å². The van der Waals surface area contributed by atoms with Gasteiger partial charge < -0.3 is 28.4 Å². The van der Waals surface area contributed by atoms with E-state index in [2.05, 4.69) is 6.58 Å². The second-order valence-corrected chi connectivity index (χ2v) is 7.36. The van der Waals surface area contributed by atoms with Crippen molar-refractivity contribution in [3.05, 3.63) is 72.3 Å². The molecule has 4 unspecified atom stereocenters. The summed E-state index contributed by atoms with van der Waals surface area (Å²) in [5.41, 5.74) is 0.653. The van der Waals surface area contributed by atoms with Crippen LogP contribution in [-0.2, 0) is 23.7 Å². The lowest BCUT2D eigenvalue weighted by molar-refractivity contribution is -0.128. The minimum absolute atomic E-state index is 0.118. The van der Waals surface area contributed by atoms with Gasteiger partial charge in [-0.25, -0.2) is 14.4 Å². The van der Waals surface area contributed by atoms with Crippen molar-refractivity contribution in [1.82, 2.24) is 0 Å². The lowest BCUT2D eigenvalue weighted by Crippen LogP contribution is -2.36. The second-order valence-electron chi connectivity index (χ2n) is 7.36. The molecule has 33 heavy (non-hydrogen) atoms. The molecule has 2 saturated heterocycles. The standard InChI is InChI=1S/C24H22O9/c1-3-20(25)31-17-10-6-15(7-11-17)24(27)33-19-13-30-21-18(12-29-22(19)21)32-23(26)14-4-8-16(28-2)9-5-14/h3-11,18-19,21-22H,1,12-13H2,2H3. The van der Waals surface area contributed by atoms with Gasteiger partial charge in [-0.05, 0) is 48.5 Å². The van der Waals surface area contributed by atoms with Crippen molar-refractivity contribution in [3.63, 3.8) is 0 Å². The molecule has 0 aliphatic carbocycles. The van der Waals surface area contributed by atoms with Gasteiger partial charge in [-0.15, -0.1) is 0 Å². The van der Waals surface area contributed by atoms with Gasteiger partial charge in [0.25, 0.3) is 0 Å². The third kappa shape index (κ3) is 5.05. The second kappa shape index (κ2) is 9.85.